The standard InChI is InChI=1S/C29H27F3N4O5/c30-29(31,32)40-24-4-2-1-3-21(24)26-22(27(41-34-26)16-5-6-16)15-39-20-11-17-7-8-18(12-20)36(17)19-9-10-35-14-23(28(37)38)33-25(35)13-19/h1-4,9-10,13-14,16-18,20H,5-8,11-12,15H2,(H,37,38)/t17-,18+,20?. The summed E-state index contributed by atoms with van der Waals surface area (Å²) in [7, 11) is 0. The number of para-hydroxylation sites is 1. The number of anilines is 1. The van der Waals surface area contributed by atoms with Crippen molar-refractivity contribution in [2.45, 2.75) is 75.6 Å². The molecule has 3 fully saturated rings. The second kappa shape index (κ2) is 9.79. The minimum atomic E-state index is -4.83. The van der Waals surface area contributed by atoms with Crippen LogP contribution in [0.5, 0.6) is 5.75 Å². The van der Waals surface area contributed by atoms with Gasteiger partial charge in [0, 0.05) is 53.3 Å². The molecule has 12 heteroatoms. The second-order valence-corrected chi connectivity index (χ2v) is 11.0. The average molecular weight is 569 g/mol. The molecule has 1 N–H and O–H groups in total. The molecule has 0 amide bonds. The van der Waals surface area contributed by atoms with Crippen molar-refractivity contribution in [3.05, 3.63) is 65.8 Å². The summed E-state index contributed by atoms with van der Waals surface area (Å²) in [5.74, 6) is -0.516. The Hall–Kier alpha value is -4.06. The summed E-state index contributed by atoms with van der Waals surface area (Å²) in [6, 6.07) is 10.4. The zero-order chi connectivity index (χ0) is 28.3. The summed E-state index contributed by atoms with van der Waals surface area (Å²) in [6.45, 7) is 0.188. The van der Waals surface area contributed by atoms with Crippen molar-refractivity contribution in [2.24, 2.45) is 0 Å². The molecule has 1 aliphatic carbocycles. The summed E-state index contributed by atoms with van der Waals surface area (Å²) in [5, 5.41) is 13.5. The number of aromatic carboxylic acids is 1. The molecule has 214 valence electrons. The fourth-order valence-electron chi connectivity index (χ4n) is 6.34. The molecular formula is C29H27F3N4O5. The monoisotopic (exact) mass is 568 g/mol. The average Bonchev–Trinajstić information content (AvgIpc) is 3.44. The van der Waals surface area contributed by atoms with Gasteiger partial charge in [-0.05, 0) is 56.7 Å². The predicted molar refractivity (Wildman–Crippen MR) is 140 cm³/mol. The lowest BCUT2D eigenvalue weighted by Crippen LogP contribution is -2.45. The molecule has 0 radical (unpaired) electrons. The molecule has 5 heterocycles. The topological polar surface area (TPSA) is 102 Å². The first-order valence-corrected chi connectivity index (χ1v) is 13.7. The number of fused-ring (bicyclic) bond motifs is 3. The number of halogens is 3. The number of piperidine rings is 1. The number of carboxylic acids is 1. The van der Waals surface area contributed by atoms with Gasteiger partial charge >= 0.3 is 12.3 Å². The number of benzene rings is 1. The third-order valence-corrected chi connectivity index (χ3v) is 8.25. The lowest BCUT2D eigenvalue weighted by atomic mass is 9.98. The molecule has 9 nitrogen and oxygen atoms in total. The number of ether oxygens (including phenoxy) is 2. The molecule has 7 rings (SSSR count). The quantitative estimate of drug-likeness (QED) is 0.269. The summed E-state index contributed by atoms with van der Waals surface area (Å²) in [6.07, 6.45) is 3.97. The van der Waals surface area contributed by atoms with Gasteiger partial charge in [-0.15, -0.1) is 13.2 Å². The molecule has 41 heavy (non-hydrogen) atoms. The van der Waals surface area contributed by atoms with Gasteiger partial charge in [-0.1, -0.05) is 17.3 Å². The second-order valence-electron chi connectivity index (χ2n) is 11.0. The van der Waals surface area contributed by atoms with E-state index < -0.39 is 12.3 Å². The number of alkyl halides is 3. The van der Waals surface area contributed by atoms with Crippen molar-refractivity contribution >= 4 is 17.3 Å². The first kappa shape index (κ1) is 25.9. The highest BCUT2D eigenvalue weighted by Crippen LogP contribution is 2.46. The Kier molecular flexibility index (Phi) is 6.18. The third kappa shape index (κ3) is 5.01. The largest absolute Gasteiger partial charge is 0.573 e. The number of imidazole rings is 1. The first-order valence-electron chi connectivity index (χ1n) is 13.7. The molecule has 4 aromatic rings. The molecule has 3 aliphatic rings. The smallest absolute Gasteiger partial charge is 0.476 e. The third-order valence-electron chi connectivity index (χ3n) is 8.25. The van der Waals surface area contributed by atoms with Crippen LogP contribution in [0.25, 0.3) is 16.9 Å². The van der Waals surface area contributed by atoms with E-state index in [2.05, 4.69) is 19.8 Å². The molecule has 1 aromatic carbocycles. The number of hydrogen-bond donors (Lipinski definition) is 1. The Labute approximate surface area is 232 Å². The van der Waals surface area contributed by atoms with Crippen molar-refractivity contribution in [1.82, 2.24) is 14.5 Å². The summed E-state index contributed by atoms with van der Waals surface area (Å²) in [5.41, 5.74) is 2.81. The van der Waals surface area contributed by atoms with E-state index in [0.29, 0.717) is 22.7 Å². The molecule has 2 bridgehead atoms. The van der Waals surface area contributed by atoms with Crippen LogP contribution in [0.2, 0.25) is 0 Å². The lowest BCUT2D eigenvalue weighted by Gasteiger charge is -2.40. The molecule has 1 saturated carbocycles. The van der Waals surface area contributed by atoms with E-state index in [0.717, 1.165) is 44.2 Å². The summed E-state index contributed by atoms with van der Waals surface area (Å²) >= 11 is 0. The summed E-state index contributed by atoms with van der Waals surface area (Å²) in [4.78, 5) is 17.9. The Morgan fingerprint density at radius 1 is 1.10 bits per heavy atom. The van der Waals surface area contributed by atoms with Gasteiger partial charge in [0.1, 0.15) is 22.9 Å². The van der Waals surface area contributed by atoms with Crippen LogP contribution in [0, 0.1) is 0 Å². The zero-order valence-electron chi connectivity index (χ0n) is 21.9. The maximum Gasteiger partial charge on any atom is 0.573 e. The van der Waals surface area contributed by atoms with Crippen molar-refractivity contribution in [3.63, 3.8) is 0 Å². The normalized spacial score (nSPS) is 22.4. The molecule has 0 spiro atoms. The van der Waals surface area contributed by atoms with Gasteiger partial charge < -0.3 is 28.4 Å². The van der Waals surface area contributed by atoms with Gasteiger partial charge in [0.25, 0.3) is 0 Å². The van der Waals surface area contributed by atoms with Crippen LogP contribution < -0.4 is 9.64 Å². The van der Waals surface area contributed by atoms with Crippen LogP contribution in [0.4, 0.5) is 18.9 Å². The highest BCUT2D eigenvalue weighted by molar-refractivity contribution is 5.86. The van der Waals surface area contributed by atoms with Crippen molar-refractivity contribution in [1.29, 1.82) is 0 Å². The van der Waals surface area contributed by atoms with Gasteiger partial charge in [-0.3, -0.25) is 0 Å². The molecule has 3 aromatic heterocycles. The van der Waals surface area contributed by atoms with E-state index in [9.17, 15) is 23.1 Å². The minimum absolute atomic E-state index is 0.00324. The number of hydrogen-bond acceptors (Lipinski definition) is 7. The molecule has 1 unspecified atom stereocenters. The van der Waals surface area contributed by atoms with Gasteiger partial charge in [0.2, 0.25) is 0 Å². The van der Waals surface area contributed by atoms with E-state index in [1.165, 1.54) is 18.3 Å². The van der Waals surface area contributed by atoms with E-state index in [4.69, 9.17) is 9.26 Å². The Balaban J connectivity index is 1.09. The number of rotatable bonds is 8. The highest BCUT2D eigenvalue weighted by Gasteiger charge is 2.42. The number of nitrogens with zero attached hydrogens (tertiary/aromatic N) is 4. The minimum Gasteiger partial charge on any atom is -0.476 e. The highest BCUT2D eigenvalue weighted by atomic mass is 19.4. The van der Waals surface area contributed by atoms with Crippen molar-refractivity contribution < 1.29 is 37.1 Å². The Morgan fingerprint density at radius 2 is 1.85 bits per heavy atom. The predicted octanol–water partition coefficient (Wildman–Crippen LogP) is 6.18. The summed E-state index contributed by atoms with van der Waals surface area (Å²) < 4.78 is 57.4. The lowest BCUT2D eigenvalue weighted by molar-refractivity contribution is -0.274. The van der Waals surface area contributed by atoms with E-state index in [1.54, 1.807) is 16.5 Å². The maximum atomic E-state index is 13.1. The molecule has 2 aliphatic heterocycles. The number of aromatic nitrogens is 3. The zero-order valence-corrected chi connectivity index (χ0v) is 21.9. The maximum absolute atomic E-state index is 13.1. The molecule has 3 atom stereocenters. The van der Waals surface area contributed by atoms with Gasteiger partial charge in [0.15, 0.2) is 5.69 Å². The van der Waals surface area contributed by atoms with E-state index >= 15 is 0 Å². The van der Waals surface area contributed by atoms with Gasteiger partial charge in [0.05, 0.1) is 12.7 Å². The molecular weight excluding hydrogens is 541 g/mol. The fourth-order valence-corrected chi connectivity index (χ4v) is 6.34. The number of pyridine rings is 1. The number of carboxylic acid groups (broad SMARTS) is 1. The van der Waals surface area contributed by atoms with E-state index in [-0.39, 0.29) is 47.7 Å². The van der Waals surface area contributed by atoms with Crippen molar-refractivity contribution in [2.75, 3.05) is 4.90 Å². The van der Waals surface area contributed by atoms with Gasteiger partial charge in [-0.25, -0.2) is 9.78 Å². The van der Waals surface area contributed by atoms with Crippen molar-refractivity contribution in [3.8, 4) is 17.0 Å². The Bertz CT molecular complexity index is 1600. The molecule has 2 saturated heterocycles. The fraction of sp³-hybridized carbons (Fsp3) is 0.414. The SMILES string of the molecule is O=C(O)c1cn2ccc(N3[C@@H]4CC[C@H]3CC(OCc3c(-c5ccccc5OC(F)(F)F)noc3C3CC3)C4)cc2n1. The van der Waals surface area contributed by atoms with E-state index in [1.807, 2.05) is 18.3 Å². The first-order chi connectivity index (χ1) is 19.7. The van der Waals surface area contributed by atoms with Crippen LogP contribution in [0.3, 0.4) is 0 Å². The van der Waals surface area contributed by atoms with Crippen LogP contribution in [0.15, 0.2) is 53.3 Å². The van der Waals surface area contributed by atoms with Crippen LogP contribution in [-0.4, -0.2) is 50.2 Å². The Morgan fingerprint density at radius 3 is 2.56 bits per heavy atom. The number of carbonyl (C=O) groups is 1. The van der Waals surface area contributed by atoms with Gasteiger partial charge in [-0.2, -0.15) is 0 Å². The van der Waals surface area contributed by atoms with Crippen LogP contribution in [-0.2, 0) is 11.3 Å². The van der Waals surface area contributed by atoms with Crippen LogP contribution >= 0.6 is 0 Å². The van der Waals surface area contributed by atoms with Crippen LogP contribution in [0.1, 0.15) is 66.3 Å².